The highest BCUT2D eigenvalue weighted by Crippen LogP contribution is 2.15. The van der Waals surface area contributed by atoms with E-state index >= 15 is 0 Å². The lowest BCUT2D eigenvalue weighted by Gasteiger charge is -2.14. The first-order valence-corrected chi connectivity index (χ1v) is 7.66. The lowest BCUT2D eigenvalue weighted by molar-refractivity contribution is 0.414. The molecule has 0 aliphatic heterocycles. The molecule has 0 saturated heterocycles. The van der Waals surface area contributed by atoms with Crippen molar-refractivity contribution in [2.45, 2.75) is 31.6 Å². The smallest absolute Gasteiger partial charge is 0.216 e. The zero-order chi connectivity index (χ0) is 14.3. The molecule has 0 heterocycles. The van der Waals surface area contributed by atoms with Crippen LogP contribution in [0.3, 0.4) is 0 Å². The minimum atomic E-state index is -3.45. The van der Waals surface area contributed by atoms with E-state index in [1.54, 1.807) is 24.3 Å². The summed E-state index contributed by atoms with van der Waals surface area (Å²) in [6.07, 6.45) is 0.763. The molecule has 0 aromatic heterocycles. The summed E-state index contributed by atoms with van der Waals surface area (Å²) < 4.78 is 31.6. The molecular weight excluding hydrogens is 264 g/mol. The van der Waals surface area contributed by atoms with Gasteiger partial charge in [0.15, 0.2) is 0 Å². The van der Waals surface area contributed by atoms with Crippen LogP contribution in [-0.2, 0) is 15.8 Å². The van der Waals surface area contributed by atoms with Gasteiger partial charge in [-0.2, -0.15) is 5.26 Å². The Morgan fingerprint density at radius 2 is 2.21 bits per heavy atom. The lowest BCUT2D eigenvalue weighted by atomic mass is 10.2. The summed E-state index contributed by atoms with van der Waals surface area (Å²) in [5.41, 5.74) is 0.652. The van der Waals surface area contributed by atoms with E-state index in [1.165, 1.54) is 7.11 Å². The van der Waals surface area contributed by atoms with E-state index < -0.39 is 10.0 Å². The Bertz CT molecular complexity index is 549. The van der Waals surface area contributed by atoms with Crippen molar-refractivity contribution >= 4 is 10.0 Å². The van der Waals surface area contributed by atoms with Gasteiger partial charge in [0, 0.05) is 6.04 Å². The molecule has 1 N–H and O–H groups in total. The fraction of sp³-hybridized carbons (Fsp3) is 0.462. The number of ether oxygens (including phenoxy) is 1. The molecule has 0 saturated carbocycles. The van der Waals surface area contributed by atoms with Crippen molar-refractivity contribution in [1.82, 2.24) is 4.72 Å². The average Bonchev–Trinajstić information content (AvgIpc) is 2.37. The second-order valence-corrected chi connectivity index (χ2v) is 5.95. The van der Waals surface area contributed by atoms with Gasteiger partial charge in [-0.1, -0.05) is 19.1 Å². The second kappa shape index (κ2) is 7.12. The zero-order valence-electron chi connectivity index (χ0n) is 11.1. The van der Waals surface area contributed by atoms with E-state index in [1.807, 2.05) is 13.0 Å². The predicted molar refractivity (Wildman–Crippen MR) is 73.1 cm³/mol. The summed E-state index contributed by atoms with van der Waals surface area (Å²) in [7, 11) is -1.92. The van der Waals surface area contributed by atoms with E-state index in [-0.39, 0.29) is 18.2 Å². The fourth-order valence-electron chi connectivity index (χ4n) is 1.66. The topological polar surface area (TPSA) is 79.2 Å². The highest BCUT2D eigenvalue weighted by Gasteiger charge is 2.17. The van der Waals surface area contributed by atoms with Crippen molar-refractivity contribution in [2.75, 3.05) is 7.11 Å². The number of methoxy groups -OCH3 is 1. The van der Waals surface area contributed by atoms with Crippen LogP contribution in [0.5, 0.6) is 5.75 Å². The highest BCUT2D eigenvalue weighted by molar-refractivity contribution is 7.88. The van der Waals surface area contributed by atoms with Crippen molar-refractivity contribution in [2.24, 2.45) is 0 Å². The number of nitrogens with one attached hydrogen (secondary N) is 1. The first-order chi connectivity index (χ1) is 9.00. The zero-order valence-corrected chi connectivity index (χ0v) is 11.9. The minimum absolute atomic E-state index is 0.119. The van der Waals surface area contributed by atoms with Gasteiger partial charge in [-0.05, 0) is 24.1 Å². The quantitative estimate of drug-likeness (QED) is 0.827. The van der Waals surface area contributed by atoms with Crippen LogP contribution in [0.2, 0.25) is 0 Å². The molecule has 0 aliphatic carbocycles. The molecule has 0 unspecified atom stereocenters. The maximum absolute atomic E-state index is 12.0. The Hall–Kier alpha value is -1.58. The van der Waals surface area contributed by atoms with Crippen LogP contribution in [0.4, 0.5) is 0 Å². The van der Waals surface area contributed by atoms with Gasteiger partial charge in [0.05, 0.1) is 25.4 Å². The number of nitriles is 1. The molecule has 0 radical (unpaired) electrons. The molecular formula is C13H18N2O3S. The molecule has 6 heteroatoms. The van der Waals surface area contributed by atoms with Crippen LogP contribution in [-0.4, -0.2) is 21.6 Å². The number of hydrogen-bond donors (Lipinski definition) is 1. The fourth-order valence-corrected chi connectivity index (χ4v) is 3.12. The monoisotopic (exact) mass is 282 g/mol. The van der Waals surface area contributed by atoms with Gasteiger partial charge in [-0.15, -0.1) is 0 Å². The molecule has 0 amide bonds. The first-order valence-electron chi connectivity index (χ1n) is 6.00. The highest BCUT2D eigenvalue weighted by atomic mass is 32.2. The van der Waals surface area contributed by atoms with Crippen molar-refractivity contribution in [3.05, 3.63) is 29.8 Å². The number of sulfonamides is 1. The summed E-state index contributed by atoms with van der Waals surface area (Å²) >= 11 is 0. The van der Waals surface area contributed by atoms with Gasteiger partial charge >= 0.3 is 0 Å². The van der Waals surface area contributed by atoms with Crippen LogP contribution < -0.4 is 9.46 Å². The normalized spacial score (nSPS) is 12.7. The van der Waals surface area contributed by atoms with Crippen LogP contribution in [0.25, 0.3) is 0 Å². The Morgan fingerprint density at radius 3 is 2.79 bits per heavy atom. The van der Waals surface area contributed by atoms with Crippen molar-refractivity contribution in [3.63, 3.8) is 0 Å². The molecule has 0 spiro atoms. The van der Waals surface area contributed by atoms with Crippen LogP contribution >= 0.6 is 0 Å². The second-order valence-electron chi connectivity index (χ2n) is 4.20. The first kappa shape index (κ1) is 15.5. The largest absolute Gasteiger partial charge is 0.497 e. The Balaban J connectivity index is 2.76. The summed E-state index contributed by atoms with van der Waals surface area (Å²) in [6, 6.07) is 8.56. The molecule has 1 rings (SSSR count). The number of hydrogen-bond acceptors (Lipinski definition) is 4. The molecule has 104 valence electrons. The number of nitrogens with zero attached hydrogens (tertiary/aromatic N) is 1. The van der Waals surface area contributed by atoms with Crippen LogP contribution in [0, 0.1) is 11.3 Å². The molecule has 0 fully saturated rings. The lowest BCUT2D eigenvalue weighted by Crippen LogP contribution is -2.34. The summed E-state index contributed by atoms with van der Waals surface area (Å²) in [5.74, 6) is 0.503. The Morgan fingerprint density at radius 1 is 1.47 bits per heavy atom. The van der Waals surface area contributed by atoms with E-state index in [2.05, 4.69) is 4.72 Å². The Kier molecular flexibility index (Phi) is 5.80. The molecule has 0 bridgehead atoms. The van der Waals surface area contributed by atoms with Crippen LogP contribution in [0.1, 0.15) is 25.3 Å². The number of rotatable bonds is 7. The van der Waals surface area contributed by atoms with Crippen molar-refractivity contribution in [3.8, 4) is 11.8 Å². The Labute approximate surface area is 114 Å². The SMILES string of the molecule is CC[C@@H](CC#N)NS(=O)(=O)Cc1cccc(OC)c1. The summed E-state index contributed by atoms with van der Waals surface area (Å²) in [5, 5.41) is 8.62. The van der Waals surface area contributed by atoms with E-state index in [9.17, 15) is 8.42 Å². The van der Waals surface area contributed by atoms with Gasteiger partial charge in [0.25, 0.3) is 0 Å². The van der Waals surface area contributed by atoms with Crippen molar-refractivity contribution < 1.29 is 13.2 Å². The molecule has 19 heavy (non-hydrogen) atoms. The van der Waals surface area contributed by atoms with E-state index in [0.29, 0.717) is 17.7 Å². The minimum Gasteiger partial charge on any atom is -0.497 e. The van der Waals surface area contributed by atoms with Crippen molar-refractivity contribution in [1.29, 1.82) is 5.26 Å². The summed E-state index contributed by atoms with van der Waals surface area (Å²) in [6.45, 7) is 1.84. The predicted octanol–water partition coefficient (Wildman–Crippen LogP) is 1.81. The third kappa shape index (κ3) is 5.28. The molecule has 0 aliphatic rings. The maximum Gasteiger partial charge on any atom is 0.216 e. The van der Waals surface area contributed by atoms with Gasteiger partial charge in [-0.3, -0.25) is 0 Å². The summed E-state index contributed by atoms with van der Waals surface area (Å²) in [4.78, 5) is 0. The number of benzene rings is 1. The third-order valence-electron chi connectivity index (χ3n) is 2.67. The van der Waals surface area contributed by atoms with Crippen LogP contribution in [0.15, 0.2) is 24.3 Å². The average molecular weight is 282 g/mol. The maximum atomic E-state index is 12.0. The molecule has 1 aromatic rings. The standard InChI is InChI=1S/C13H18N2O3S/c1-3-12(7-8-14)15-19(16,17)10-11-5-4-6-13(9-11)18-2/h4-6,9,12,15H,3,7,10H2,1-2H3/t12-/m0/s1. The molecule has 1 atom stereocenters. The molecule has 1 aromatic carbocycles. The van der Waals surface area contributed by atoms with Gasteiger partial charge in [0.1, 0.15) is 5.75 Å². The van der Waals surface area contributed by atoms with Gasteiger partial charge in [0.2, 0.25) is 10.0 Å². The van der Waals surface area contributed by atoms with Gasteiger partial charge in [-0.25, -0.2) is 13.1 Å². The third-order valence-corrected chi connectivity index (χ3v) is 4.07. The molecule has 5 nitrogen and oxygen atoms in total. The van der Waals surface area contributed by atoms with Gasteiger partial charge < -0.3 is 4.74 Å². The van der Waals surface area contributed by atoms with E-state index in [4.69, 9.17) is 10.00 Å². The van der Waals surface area contributed by atoms with E-state index in [0.717, 1.165) is 0 Å².